The lowest BCUT2D eigenvalue weighted by atomic mass is 10.0. The molecule has 8 heteroatoms. The second kappa shape index (κ2) is 5.40. The number of halogens is 1. The van der Waals surface area contributed by atoms with Gasteiger partial charge in [-0.15, -0.1) is 0 Å². The van der Waals surface area contributed by atoms with E-state index in [-0.39, 0.29) is 11.5 Å². The zero-order chi connectivity index (χ0) is 16.0. The number of ether oxygens (including phenoxy) is 2. The van der Waals surface area contributed by atoms with Crippen LogP contribution in [0.5, 0.6) is 0 Å². The van der Waals surface area contributed by atoms with Gasteiger partial charge < -0.3 is 24.3 Å². The van der Waals surface area contributed by atoms with Crippen LogP contribution in [-0.2, 0) is 9.47 Å². The van der Waals surface area contributed by atoms with Crippen molar-refractivity contribution in [3.63, 3.8) is 0 Å². The Morgan fingerprint density at radius 1 is 1.22 bits per heavy atom. The van der Waals surface area contributed by atoms with E-state index in [2.05, 4.69) is 9.97 Å². The zero-order valence-electron chi connectivity index (χ0n) is 12.4. The van der Waals surface area contributed by atoms with Crippen molar-refractivity contribution in [3.8, 4) is 0 Å². The molecule has 2 aromatic rings. The molecule has 2 N–H and O–H groups in total. The molecule has 1 aromatic heterocycles. The summed E-state index contributed by atoms with van der Waals surface area (Å²) in [6.45, 7) is 2.22. The van der Waals surface area contributed by atoms with Gasteiger partial charge in [0.2, 0.25) is 0 Å². The van der Waals surface area contributed by atoms with E-state index in [1.165, 1.54) is 12.1 Å². The molecule has 6 nitrogen and oxygen atoms in total. The van der Waals surface area contributed by atoms with Crippen LogP contribution in [-0.4, -0.2) is 52.9 Å². The number of aromatic nitrogens is 2. The summed E-state index contributed by atoms with van der Waals surface area (Å²) in [5.41, 5.74) is 1.32. The Bertz CT molecular complexity index is 815. The minimum atomic E-state index is -0.540. The van der Waals surface area contributed by atoms with Gasteiger partial charge in [-0.05, 0) is 24.4 Å². The van der Waals surface area contributed by atoms with Gasteiger partial charge in [0.25, 0.3) is 5.91 Å². The Balaban J connectivity index is 1.61. The molecule has 0 atom stereocenters. The molecule has 2 aliphatic heterocycles. The highest BCUT2D eigenvalue weighted by Crippen LogP contribution is 2.32. The van der Waals surface area contributed by atoms with Gasteiger partial charge in [0, 0.05) is 25.9 Å². The average molecular weight is 337 g/mol. The van der Waals surface area contributed by atoms with E-state index in [0.29, 0.717) is 54.9 Å². The normalized spacial score (nSPS) is 20.5. The number of H-pyrrole nitrogens is 2. The standard InChI is InChI=1S/C15H16FN3O3S/c16-9-7-10(12-11(8-9)17-14(23)18-12)13(20)19-3-1-15(2-4-19)21-5-6-22-15/h7-8H,1-6H2,(H2,17,18,23). The highest BCUT2D eigenvalue weighted by Gasteiger charge is 2.41. The van der Waals surface area contributed by atoms with Crippen LogP contribution < -0.4 is 0 Å². The fourth-order valence-electron chi connectivity index (χ4n) is 3.28. The minimum absolute atomic E-state index is 0.215. The Morgan fingerprint density at radius 3 is 2.61 bits per heavy atom. The van der Waals surface area contributed by atoms with Crippen LogP contribution in [0.4, 0.5) is 4.39 Å². The lowest BCUT2D eigenvalue weighted by molar-refractivity contribution is -0.181. The van der Waals surface area contributed by atoms with Crippen LogP contribution in [0.1, 0.15) is 23.2 Å². The summed E-state index contributed by atoms with van der Waals surface area (Å²) in [4.78, 5) is 20.3. The van der Waals surface area contributed by atoms with Crippen LogP contribution in [0.2, 0.25) is 0 Å². The molecule has 0 unspecified atom stereocenters. The van der Waals surface area contributed by atoms with Crippen molar-refractivity contribution >= 4 is 29.2 Å². The highest BCUT2D eigenvalue weighted by molar-refractivity contribution is 7.71. The molecule has 4 rings (SSSR count). The summed E-state index contributed by atoms with van der Waals surface area (Å²) < 4.78 is 25.5. The molecule has 1 amide bonds. The van der Waals surface area contributed by atoms with Crippen molar-refractivity contribution in [3.05, 3.63) is 28.3 Å². The van der Waals surface area contributed by atoms with Crippen molar-refractivity contribution < 1.29 is 18.7 Å². The summed E-state index contributed by atoms with van der Waals surface area (Å²) >= 11 is 5.04. The predicted octanol–water partition coefficient (Wildman–Crippen LogP) is 2.34. The van der Waals surface area contributed by atoms with Crippen LogP contribution in [0.3, 0.4) is 0 Å². The minimum Gasteiger partial charge on any atom is -0.347 e. The van der Waals surface area contributed by atoms with Gasteiger partial charge >= 0.3 is 0 Å². The van der Waals surface area contributed by atoms with E-state index in [0.717, 1.165) is 0 Å². The number of nitrogens with one attached hydrogen (secondary N) is 2. The van der Waals surface area contributed by atoms with E-state index in [1.54, 1.807) is 4.90 Å². The van der Waals surface area contributed by atoms with Gasteiger partial charge in [-0.1, -0.05) is 0 Å². The van der Waals surface area contributed by atoms with Crippen LogP contribution in [0, 0.1) is 10.6 Å². The second-order valence-electron chi connectivity index (χ2n) is 5.85. The zero-order valence-corrected chi connectivity index (χ0v) is 13.2. The third-order valence-corrected chi connectivity index (χ3v) is 4.65. The summed E-state index contributed by atoms with van der Waals surface area (Å²) in [6, 6.07) is 2.57. The SMILES string of the molecule is O=C(c1cc(F)cc2[nH]c(=S)[nH]c12)N1CCC2(CC1)OCCO2. The number of piperidine rings is 1. The fourth-order valence-corrected chi connectivity index (χ4v) is 3.49. The van der Waals surface area contributed by atoms with Gasteiger partial charge in [0.1, 0.15) is 5.82 Å². The van der Waals surface area contributed by atoms with Crippen LogP contribution in [0.25, 0.3) is 11.0 Å². The number of nitrogens with zero attached hydrogens (tertiary/aromatic N) is 1. The number of likely N-dealkylation sites (tertiary alicyclic amines) is 1. The van der Waals surface area contributed by atoms with Crippen molar-refractivity contribution in [1.82, 2.24) is 14.9 Å². The highest BCUT2D eigenvalue weighted by atomic mass is 32.1. The Kier molecular flexibility index (Phi) is 3.47. The molecule has 3 heterocycles. The van der Waals surface area contributed by atoms with E-state index < -0.39 is 11.6 Å². The van der Waals surface area contributed by atoms with Crippen LogP contribution in [0.15, 0.2) is 12.1 Å². The number of benzene rings is 1. The molecule has 2 fully saturated rings. The lowest BCUT2D eigenvalue weighted by Gasteiger charge is -2.37. The Morgan fingerprint density at radius 2 is 1.91 bits per heavy atom. The maximum atomic E-state index is 13.8. The third kappa shape index (κ3) is 2.56. The van der Waals surface area contributed by atoms with E-state index in [4.69, 9.17) is 21.7 Å². The number of imidazole rings is 1. The van der Waals surface area contributed by atoms with Crippen molar-refractivity contribution in [2.24, 2.45) is 0 Å². The maximum Gasteiger partial charge on any atom is 0.256 e. The molecule has 0 aliphatic carbocycles. The average Bonchev–Trinajstić information content (AvgIpc) is 3.12. The van der Waals surface area contributed by atoms with Crippen molar-refractivity contribution in [2.75, 3.05) is 26.3 Å². The summed E-state index contributed by atoms with van der Waals surface area (Å²) in [5.74, 6) is -1.23. The van der Waals surface area contributed by atoms with Crippen molar-refractivity contribution in [1.29, 1.82) is 0 Å². The first-order chi connectivity index (χ1) is 11.1. The maximum absolute atomic E-state index is 13.8. The topological polar surface area (TPSA) is 70.4 Å². The number of aromatic amines is 2. The third-order valence-electron chi connectivity index (χ3n) is 4.45. The molecule has 1 spiro atoms. The second-order valence-corrected chi connectivity index (χ2v) is 6.26. The molecule has 2 aliphatic rings. The number of carbonyl (C=O) groups excluding carboxylic acids is 1. The number of amides is 1. The van der Waals surface area contributed by atoms with E-state index in [9.17, 15) is 9.18 Å². The predicted molar refractivity (Wildman–Crippen MR) is 83.2 cm³/mol. The summed E-state index contributed by atoms with van der Waals surface area (Å²) in [5, 5.41) is 0. The smallest absolute Gasteiger partial charge is 0.256 e. The van der Waals surface area contributed by atoms with E-state index >= 15 is 0 Å². The Hall–Kier alpha value is -1.77. The Labute approximate surface area is 136 Å². The number of fused-ring (bicyclic) bond motifs is 1. The van der Waals surface area contributed by atoms with Gasteiger partial charge in [-0.2, -0.15) is 0 Å². The first-order valence-electron chi connectivity index (χ1n) is 7.55. The lowest BCUT2D eigenvalue weighted by Crippen LogP contribution is -2.47. The largest absolute Gasteiger partial charge is 0.347 e. The number of hydrogen-bond acceptors (Lipinski definition) is 4. The van der Waals surface area contributed by atoms with Gasteiger partial charge in [0.15, 0.2) is 10.6 Å². The molecular formula is C15H16FN3O3S. The molecule has 0 saturated carbocycles. The van der Waals surface area contributed by atoms with Gasteiger partial charge in [-0.25, -0.2) is 4.39 Å². The number of carbonyl (C=O) groups is 1. The van der Waals surface area contributed by atoms with Crippen LogP contribution >= 0.6 is 12.2 Å². The van der Waals surface area contributed by atoms with Gasteiger partial charge in [-0.3, -0.25) is 4.79 Å². The first kappa shape index (κ1) is 14.8. The fraction of sp³-hybridized carbons (Fsp3) is 0.467. The number of hydrogen-bond donors (Lipinski definition) is 2. The first-order valence-corrected chi connectivity index (χ1v) is 7.96. The number of rotatable bonds is 1. The quantitative estimate of drug-likeness (QED) is 0.784. The molecule has 122 valence electrons. The molecule has 2 saturated heterocycles. The van der Waals surface area contributed by atoms with E-state index in [1.807, 2.05) is 0 Å². The molecule has 23 heavy (non-hydrogen) atoms. The monoisotopic (exact) mass is 337 g/mol. The summed E-state index contributed by atoms with van der Waals surface area (Å²) in [7, 11) is 0. The molecule has 0 radical (unpaired) electrons. The molecule has 0 bridgehead atoms. The molecule has 1 aromatic carbocycles. The summed E-state index contributed by atoms with van der Waals surface area (Å²) in [6.07, 6.45) is 1.25. The van der Waals surface area contributed by atoms with Crippen molar-refractivity contribution in [2.45, 2.75) is 18.6 Å². The van der Waals surface area contributed by atoms with Gasteiger partial charge in [0.05, 0.1) is 29.8 Å². The molecular weight excluding hydrogens is 321 g/mol.